The highest BCUT2D eigenvalue weighted by Gasteiger charge is 2.08. The molecule has 0 aromatic carbocycles. The topological polar surface area (TPSA) is 80.9 Å². The van der Waals surface area contributed by atoms with Crippen molar-refractivity contribution in [2.24, 2.45) is 0 Å². The second-order valence-corrected chi connectivity index (χ2v) is 3.32. The third-order valence-electron chi connectivity index (χ3n) is 1.81. The molecule has 1 N–H and O–H groups in total. The molecule has 82 valence electrons. The van der Waals surface area contributed by atoms with Gasteiger partial charge < -0.3 is 5.11 Å². The number of aromatic carboxylic acids is 1. The van der Waals surface area contributed by atoms with E-state index in [9.17, 15) is 8.68 Å². The van der Waals surface area contributed by atoms with E-state index in [1.54, 1.807) is 0 Å². The molecule has 0 fully saturated rings. The molecule has 0 spiro atoms. The molecule has 0 aliphatic carbocycles. The van der Waals surface area contributed by atoms with Crippen LogP contribution < -0.4 is 0 Å². The smallest absolute Gasteiger partial charge is 0.356 e. The van der Waals surface area contributed by atoms with Gasteiger partial charge in [0.25, 0.3) is 0 Å². The van der Waals surface area contributed by atoms with Crippen molar-refractivity contribution in [1.29, 1.82) is 0 Å². The zero-order valence-electron chi connectivity index (χ0n) is 7.74. The molecule has 0 radical (unpaired) electrons. The van der Waals surface area contributed by atoms with Crippen LogP contribution in [0.5, 0.6) is 0 Å². The van der Waals surface area contributed by atoms with Crippen molar-refractivity contribution in [3.05, 3.63) is 30.2 Å². The summed E-state index contributed by atoms with van der Waals surface area (Å²) in [4.78, 5) is 10.5. The monoisotopic (exact) mass is 240 g/mol. The summed E-state index contributed by atoms with van der Waals surface area (Å²) >= 11 is -0.0444. The number of carboxylic acids is 1. The number of hydrogen-bond donors (Lipinski definition) is 1. The third kappa shape index (κ3) is 2.01. The predicted octanol–water partition coefficient (Wildman–Crippen LogP) is 1.42. The van der Waals surface area contributed by atoms with Crippen LogP contribution in [0.3, 0.4) is 0 Å². The number of rotatable bonds is 3. The Morgan fingerprint density at radius 1 is 1.44 bits per heavy atom. The standard InChI is InChI=1S/C8H5FN4O2S/c9-16-13-4-5(3-10-13)6-1-2-7(8(14)15)12-11-6/h1-4H,(H,14,15). The quantitative estimate of drug-likeness (QED) is 0.873. The van der Waals surface area contributed by atoms with Gasteiger partial charge in [-0.05, 0) is 12.1 Å². The molecular weight excluding hydrogens is 235 g/mol. The van der Waals surface area contributed by atoms with Crippen molar-refractivity contribution in [2.45, 2.75) is 0 Å². The van der Waals surface area contributed by atoms with Crippen molar-refractivity contribution in [1.82, 2.24) is 19.4 Å². The summed E-state index contributed by atoms with van der Waals surface area (Å²) in [5, 5.41) is 19.5. The van der Waals surface area contributed by atoms with E-state index in [0.717, 1.165) is 4.09 Å². The molecule has 2 aromatic rings. The number of aromatic nitrogens is 4. The summed E-state index contributed by atoms with van der Waals surface area (Å²) in [7, 11) is 0. The minimum absolute atomic E-state index is 0.0444. The van der Waals surface area contributed by atoms with Gasteiger partial charge in [-0.3, -0.25) is 0 Å². The van der Waals surface area contributed by atoms with E-state index in [-0.39, 0.29) is 18.0 Å². The molecule has 0 bridgehead atoms. The molecule has 2 rings (SSSR count). The van der Waals surface area contributed by atoms with E-state index in [1.165, 1.54) is 24.5 Å². The zero-order valence-corrected chi connectivity index (χ0v) is 8.56. The minimum Gasteiger partial charge on any atom is -0.476 e. The lowest BCUT2D eigenvalue weighted by Crippen LogP contribution is -2.01. The molecule has 16 heavy (non-hydrogen) atoms. The molecule has 0 saturated heterocycles. The van der Waals surface area contributed by atoms with Gasteiger partial charge in [-0.25, -0.2) is 4.79 Å². The second-order valence-electron chi connectivity index (χ2n) is 2.81. The summed E-state index contributed by atoms with van der Waals surface area (Å²) < 4.78 is 13.1. The van der Waals surface area contributed by atoms with E-state index < -0.39 is 5.97 Å². The second kappa shape index (κ2) is 4.27. The van der Waals surface area contributed by atoms with Gasteiger partial charge in [0.1, 0.15) is 0 Å². The van der Waals surface area contributed by atoms with Crippen LogP contribution in [-0.2, 0) is 0 Å². The van der Waals surface area contributed by atoms with Gasteiger partial charge >= 0.3 is 5.97 Å². The van der Waals surface area contributed by atoms with Crippen molar-refractivity contribution in [2.75, 3.05) is 0 Å². The fourth-order valence-corrected chi connectivity index (χ4v) is 1.31. The fourth-order valence-electron chi connectivity index (χ4n) is 1.08. The number of carbonyl (C=O) groups is 1. The van der Waals surface area contributed by atoms with Gasteiger partial charge in [0.2, 0.25) is 0 Å². The molecule has 0 saturated carbocycles. The lowest BCUT2D eigenvalue weighted by atomic mass is 10.2. The number of nitrogens with zero attached hydrogens (tertiary/aromatic N) is 4. The first-order valence-corrected chi connectivity index (χ1v) is 4.79. The Kier molecular flexibility index (Phi) is 2.82. The van der Waals surface area contributed by atoms with Crippen LogP contribution in [0.4, 0.5) is 3.89 Å². The summed E-state index contributed by atoms with van der Waals surface area (Å²) in [6.07, 6.45) is 2.84. The Labute approximate surface area is 93.5 Å². The number of carboxylic acid groups (broad SMARTS) is 1. The fraction of sp³-hybridized carbons (Fsp3) is 0. The molecule has 0 aliphatic heterocycles. The van der Waals surface area contributed by atoms with E-state index >= 15 is 0 Å². The van der Waals surface area contributed by atoms with Crippen LogP contribution in [0.15, 0.2) is 24.5 Å². The molecule has 6 nitrogen and oxygen atoms in total. The molecule has 0 aliphatic rings. The maximum atomic E-state index is 12.1. The molecule has 2 heterocycles. The van der Waals surface area contributed by atoms with Crippen LogP contribution >= 0.6 is 12.3 Å². The average Bonchev–Trinajstić information content (AvgIpc) is 2.77. The van der Waals surface area contributed by atoms with Crippen molar-refractivity contribution in [3.63, 3.8) is 0 Å². The van der Waals surface area contributed by atoms with Gasteiger partial charge in [0.05, 0.1) is 11.9 Å². The summed E-state index contributed by atoms with van der Waals surface area (Å²) in [6.45, 7) is 0. The highest BCUT2D eigenvalue weighted by Crippen LogP contribution is 2.17. The van der Waals surface area contributed by atoms with Gasteiger partial charge in [-0.15, -0.1) is 14.1 Å². The Morgan fingerprint density at radius 2 is 2.25 bits per heavy atom. The van der Waals surface area contributed by atoms with E-state index in [1.807, 2.05) is 0 Å². The highest BCUT2D eigenvalue weighted by atomic mass is 32.2. The summed E-state index contributed by atoms with van der Waals surface area (Å²) in [5.41, 5.74) is 0.857. The van der Waals surface area contributed by atoms with Crippen molar-refractivity contribution >= 4 is 18.3 Å². The Hall–Kier alpha value is -1.96. The summed E-state index contributed by atoms with van der Waals surface area (Å²) in [5.74, 6) is -1.14. The maximum Gasteiger partial charge on any atom is 0.356 e. The van der Waals surface area contributed by atoms with Gasteiger partial charge in [-0.1, -0.05) is 0 Å². The zero-order chi connectivity index (χ0) is 11.5. The SMILES string of the molecule is O=C(O)c1ccc(-c2cnn(SF)c2)nn1. The lowest BCUT2D eigenvalue weighted by molar-refractivity contribution is 0.0689. The number of halogens is 1. The van der Waals surface area contributed by atoms with Gasteiger partial charge in [0, 0.05) is 11.8 Å². The molecule has 0 unspecified atom stereocenters. The Balaban J connectivity index is 2.30. The molecular formula is C8H5FN4O2S. The molecule has 2 aromatic heterocycles. The normalized spacial score (nSPS) is 10.3. The van der Waals surface area contributed by atoms with Crippen LogP contribution in [-0.4, -0.2) is 30.5 Å². The number of hydrogen-bond acceptors (Lipinski definition) is 5. The third-order valence-corrected chi connectivity index (χ3v) is 2.15. The highest BCUT2D eigenvalue weighted by molar-refractivity contribution is 7.92. The first-order chi connectivity index (χ1) is 7.70. The first-order valence-electron chi connectivity index (χ1n) is 4.12. The van der Waals surface area contributed by atoms with Crippen LogP contribution in [0.2, 0.25) is 0 Å². The average molecular weight is 240 g/mol. The molecule has 8 heteroatoms. The van der Waals surface area contributed by atoms with E-state index in [4.69, 9.17) is 5.11 Å². The van der Waals surface area contributed by atoms with Gasteiger partial charge in [0.15, 0.2) is 18.0 Å². The van der Waals surface area contributed by atoms with Crippen LogP contribution in [0.1, 0.15) is 10.5 Å². The largest absolute Gasteiger partial charge is 0.476 e. The van der Waals surface area contributed by atoms with Crippen LogP contribution in [0, 0.1) is 0 Å². The Morgan fingerprint density at radius 3 is 2.75 bits per heavy atom. The maximum absolute atomic E-state index is 12.1. The minimum atomic E-state index is -1.14. The van der Waals surface area contributed by atoms with Crippen molar-refractivity contribution in [3.8, 4) is 11.3 Å². The first kappa shape index (κ1) is 10.6. The van der Waals surface area contributed by atoms with E-state index in [0.29, 0.717) is 11.3 Å². The predicted molar refractivity (Wildman–Crippen MR) is 54.3 cm³/mol. The summed E-state index contributed by atoms with van der Waals surface area (Å²) in [6, 6.07) is 2.81. The Bertz CT molecular complexity index is 513. The van der Waals surface area contributed by atoms with Gasteiger partial charge in [-0.2, -0.15) is 9.19 Å². The van der Waals surface area contributed by atoms with E-state index in [2.05, 4.69) is 15.3 Å². The lowest BCUT2D eigenvalue weighted by Gasteiger charge is -1.95. The van der Waals surface area contributed by atoms with Crippen molar-refractivity contribution < 1.29 is 13.8 Å². The molecule has 0 atom stereocenters. The van der Waals surface area contributed by atoms with Crippen LogP contribution in [0.25, 0.3) is 11.3 Å². The molecule has 0 amide bonds.